The van der Waals surface area contributed by atoms with Crippen molar-refractivity contribution in [1.82, 2.24) is 14.8 Å². The highest BCUT2D eigenvalue weighted by Gasteiger charge is 2.32. The largest absolute Gasteiger partial charge is 0.489 e. The van der Waals surface area contributed by atoms with Crippen molar-refractivity contribution >= 4 is 22.9 Å². The van der Waals surface area contributed by atoms with Crippen LogP contribution in [0.1, 0.15) is 32.2 Å². The standard InChI is InChI=1S/C22H23F3N4O4S/c1-11-12(2)28-29(4)21(31)17(11)20-26-13(3)18(34-20)19(30)27-15-10-14(22(23,24)25)6-7-16(15)33-9-8-32-5/h6-7,10H,8-9H2,1-5H3,(H,27,30). The van der Waals surface area contributed by atoms with Crippen LogP contribution in [0.2, 0.25) is 0 Å². The number of amides is 1. The Labute approximate surface area is 197 Å². The zero-order valence-electron chi connectivity index (χ0n) is 19.2. The Bertz CT molecular complexity index is 1280. The average Bonchev–Trinajstić information content (AvgIpc) is 3.14. The number of aromatic nitrogens is 3. The van der Waals surface area contributed by atoms with Crippen LogP contribution in [-0.2, 0) is 18.0 Å². The van der Waals surface area contributed by atoms with Gasteiger partial charge in [-0.25, -0.2) is 9.67 Å². The molecule has 3 aromatic rings. The van der Waals surface area contributed by atoms with Gasteiger partial charge in [0.15, 0.2) is 0 Å². The molecule has 1 amide bonds. The van der Waals surface area contributed by atoms with Gasteiger partial charge in [-0.15, -0.1) is 11.3 Å². The first-order valence-electron chi connectivity index (χ1n) is 10.1. The van der Waals surface area contributed by atoms with Gasteiger partial charge < -0.3 is 14.8 Å². The van der Waals surface area contributed by atoms with E-state index in [9.17, 15) is 22.8 Å². The first kappa shape index (κ1) is 25.4. The molecule has 34 heavy (non-hydrogen) atoms. The van der Waals surface area contributed by atoms with Crippen LogP contribution in [-0.4, -0.2) is 41.0 Å². The highest BCUT2D eigenvalue weighted by molar-refractivity contribution is 7.17. The Morgan fingerprint density at radius 2 is 1.88 bits per heavy atom. The topological polar surface area (TPSA) is 95.3 Å². The summed E-state index contributed by atoms with van der Waals surface area (Å²) in [7, 11) is 2.98. The van der Waals surface area contributed by atoms with Crippen molar-refractivity contribution in [2.45, 2.75) is 26.9 Å². The summed E-state index contributed by atoms with van der Waals surface area (Å²) < 4.78 is 51.3. The van der Waals surface area contributed by atoms with Gasteiger partial charge >= 0.3 is 6.18 Å². The summed E-state index contributed by atoms with van der Waals surface area (Å²) in [6, 6.07) is 2.83. The molecule has 1 N–H and O–H groups in total. The van der Waals surface area contributed by atoms with Crippen molar-refractivity contribution in [3.05, 3.63) is 55.9 Å². The summed E-state index contributed by atoms with van der Waals surface area (Å²) in [5, 5.41) is 6.95. The second kappa shape index (κ2) is 9.94. The fraction of sp³-hybridized carbons (Fsp3) is 0.364. The Morgan fingerprint density at radius 3 is 2.53 bits per heavy atom. The number of halogens is 3. The smallest absolute Gasteiger partial charge is 0.416 e. The van der Waals surface area contributed by atoms with E-state index in [1.807, 2.05) is 0 Å². The number of hydrogen-bond acceptors (Lipinski definition) is 7. The first-order chi connectivity index (χ1) is 15.9. The summed E-state index contributed by atoms with van der Waals surface area (Å²) in [5.41, 5.74) is 0.489. The van der Waals surface area contributed by atoms with Gasteiger partial charge in [-0.1, -0.05) is 0 Å². The Hall–Kier alpha value is -3.25. The van der Waals surface area contributed by atoms with Gasteiger partial charge in [0.25, 0.3) is 11.5 Å². The van der Waals surface area contributed by atoms with Gasteiger partial charge in [-0.3, -0.25) is 9.59 Å². The van der Waals surface area contributed by atoms with E-state index in [1.54, 1.807) is 20.8 Å². The number of hydrogen-bond donors (Lipinski definition) is 1. The number of ether oxygens (including phenoxy) is 2. The van der Waals surface area contributed by atoms with Gasteiger partial charge in [0.2, 0.25) is 0 Å². The van der Waals surface area contributed by atoms with Crippen molar-refractivity contribution in [3.8, 4) is 16.3 Å². The SMILES string of the molecule is COCCOc1ccc(C(F)(F)F)cc1NC(=O)c1sc(-c2c(C)c(C)nn(C)c2=O)nc1C. The van der Waals surface area contributed by atoms with E-state index in [1.165, 1.54) is 18.8 Å². The third-order valence-electron chi connectivity index (χ3n) is 5.04. The normalized spacial score (nSPS) is 11.5. The maximum atomic E-state index is 13.2. The summed E-state index contributed by atoms with van der Waals surface area (Å²) >= 11 is 0.975. The van der Waals surface area contributed by atoms with Crippen LogP contribution < -0.4 is 15.6 Å². The second-order valence-corrected chi connectivity index (χ2v) is 8.45. The number of carbonyl (C=O) groups excluding carboxylic acids is 1. The maximum Gasteiger partial charge on any atom is 0.416 e. The van der Waals surface area contributed by atoms with Crippen LogP contribution in [0.4, 0.5) is 18.9 Å². The summed E-state index contributed by atoms with van der Waals surface area (Å²) in [5.74, 6) is -0.604. The minimum absolute atomic E-state index is 0.0651. The predicted octanol–water partition coefficient (Wildman–Crippen LogP) is 4.13. The van der Waals surface area contributed by atoms with E-state index in [-0.39, 0.29) is 35.1 Å². The molecule has 2 aromatic heterocycles. The van der Waals surface area contributed by atoms with Crippen LogP contribution in [0, 0.1) is 20.8 Å². The third-order valence-corrected chi connectivity index (χ3v) is 6.22. The Kier molecular flexibility index (Phi) is 7.41. The van der Waals surface area contributed by atoms with Gasteiger partial charge in [-0.2, -0.15) is 18.3 Å². The minimum atomic E-state index is -4.60. The number of anilines is 1. The zero-order chi connectivity index (χ0) is 25.2. The van der Waals surface area contributed by atoms with Crippen LogP contribution >= 0.6 is 11.3 Å². The van der Waals surface area contributed by atoms with E-state index < -0.39 is 17.6 Å². The molecule has 0 unspecified atom stereocenters. The van der Waals surface area contributed by atoms with Crippen LogP contribution in [0.15, 0.2) is 23.0 Å². The van der Waals surface area contributed by atoms with Gasteiger partial charge in [0, 0.05) is 14.2 Å². The summed E-state index contributed by atoms with van der Waals surface area (Å²) in [4.78, 5) is 30.2. The Balaban J connectivity index is 1.98. The maximum absolute atomic E-state index is 13.2. The van der Waals surface area contributed by atoms with E-state index in [4.69, 9.17) is 9.47 Å². The number of nitrogens with zero attached hydrogens (tertiary/aromatic N) is 3. The van der Waals surface area contributed by atoms with Crippen LogP contribution in [0.5, 0.6) is 5.75 Å². The first-order valence-corrected chi connectivity index (χ1v) is 10.9. The molecule has 0 aliphatic heterocycles. The lowest BCUT2D eigenvalue weighted by Crippen LogP contribution is -2.23. The van der Waals surface area contributed by atoms with Crippen molar-refractivity contribution in [2.75, 3.05) is 25.6 Å². The molecular weight excluding hydrogens is 473 g/mol. The molecule has 0 radical (unpaired) electrons. The predicted molar refractivity (Wildman–Crippen MR) is 122 cm³/mol. The molecule has 0 aliphatic rings. The second-order valence-electron chi connectivity index (χ2n) is 7.45. The van der Waals surface area contributed by atoms with Crippen molar-refractivity contribution in [3.63, 3.8) is 0 Å². The zero-order valence-corrected chi connectivity index (χ0v) is 20.0. The van der Waals surface area contributed by atoms with Gasteiger partial charge in [0.05, 0.1) is 34.8 Å². The number of carbonyl (C=O) groups is 1. The molecule has 3 rings (SSSR count). The molecule has 12 heteroatoms. The molecule has 182 valence electrons. The number of alkyl halides is 3. The lowest BCUT2D eigenvalue weighted by atomic mass is 10.1. The van der Waals surface area contributed by atoms with Gasteiger partial charge in [-0.05, 0) is 44.5 Å². The highest BCUT2D eigenvalue weighted by atomic mass is 32.1. The molecule has 0 aliphatic carbocycles. The fourth-order valence-corrected chi connectivity index (χ4v) is 4.21. The van der Waals surface area contributed by atoms with E-state index in [2.05, 4.69) is 15.4 Å². The molecule has 8 nitrogen and oxygen atoms in total. The summed E-state index contributed by atoms with van der Waals surface area (Å²) in [6.45, 7) is 5.38. The number of nitrogens with one attached hydrogen (secondary N) is 1. The molecule has 0 atom stereocenters. The third kappa shape index (κ3) is 5.28. The molecule has 0 spiro atoms. The number of thiazole rings is 1. The van der Waals surface area contributed by atoms with E-state index >= 15 is 0 Å². The lowest BCUT2D eigenvalue weighted by Gasteiger charge is -2.15. The summed E-state index contributed by atoms with van der Waals surface area (Å²) in [6.07, 6.45) is -4.60. The van der Waals surface area contributed by atoms with Crippen LogP contribution in [0.25, 0.3) is 10.6 Å². The molecule has 0 saturated carbocycles. The number of benzene rings is 1. The van der Waals surface area contributed by atoms with Crippen LogP contribution in [0.3, 0.4) is 0 Å². The van der Waals surface area contributed by atoms with Crippen molar-refractivity contribution in [2.24, 2.45) is 7.05 Å². The quantitative estimate of drug-likeness (QED) is 0.495. The number of methoxy groups -OCH3 is 1. The number of rotatable bonds is 7. The molecule has 1 aromatic carbocycles. The minimum Gasteiger partial charge on any atom is -0.489 e. The lowest BCUT2D eigenvalue weighted by molar-refractivity contribution is -0.137. The van der Waals surface area contributed by atoms with E-state index in [0.29, 0.717) is 27.5 Å². The monoisotopic (exact) mass is 496 g/mol. The molecule has 0 saturated heterocycles. The number of aryl methyl sites for hydroxylation is 3. The van der Waals surface area contributed by atoms with Crippen molar-refractivity contribution in [1.29, 1.82) is 0 Å². The van der Waals surface area contributed by atoms with Crippen molar-refractivity contribution < 1.29 is 27.4 Å². The molecule has 0 bridgehead atoms. The molecular formula is C22H23F3N4O4S. The molecule has 2 heterocycles. The van der Waals surface area contributed by atoms with E-state index in [0.717, 1.165) is 29.5 Å². The van der Waals surface area contributed by atoms with Gasteiger partial charge in [0.1, 0.15) is 22.2 Å². The Morgan fingerprint density at radius 1 is 1.18 bits per heavy atom. The molecule has 0 fully saturated rings. The average molecular weight is 497 g/mol. The highest BCUT2D eigenvalue weighted by Crippen LogP contribution is 2.36. The fourth-order valence-electron chi connectivity index (χ4n) is 3.16.